The molecule has 0 saturated carbocycles. The lowest BCUT2D eigenvalue weighted by molar-refractivity contribution is 0.0350. The molecule has 0 amide bonds. The van der Waals surface area contributed by atoms with Crippen LogP contribution in [-0.2, 0) is 0 Å². The van der Waals surface area contributed by atoms with Crippen molar-refractivity contribution in [2.24, 2.45) is 0 Å². The van der Waals surface area contributed by atoms with Crippen LogP contribution in [-0.4, -0.2) is 26.5 Å². The number of carbonyl (C=O) groups is 1. The lowest BCUT2D eigenvalue weighted by atomic mass is 9.85. The smallest absolute Gasteiger partial charge is 0.258 e. The van der Waals surface area contributed by atoms with Gasteiger partial charge in [-0.15, -0.1) is 0 Å². The highest BCUT2D eigenvalue weighted by atomic mass is 16.5. The average molecular weight is 363 g/mol. The molecule has 0 bridgehead atoms. The van der Waals surface area contributed by atoms with Crippen LogP contribution in [0.2, 0.25) is 0 Å². The maximum atomic E-state index is 12.7. The number of hydrogen-bond acceptors (Lipinski definition) is 6. The van der Waals surface area contributed by atoms with E-state index in [0.29, 0.717) is 35.0 Å². The molecule has 1 aromatic carbocycles. The van der Waals surface area contributed by atoms with Crippen molar-refractivity contribution in [1.82, 2.24) is 15.1 Å². The first-order valence-corrected chi connectivity index (χ1v) is 9.16. The summed E-state index contributed by atoms with van der Waals surface area (Å²) >= 11 is 0. The third-order valence-electron chi connectivity index (χ3n) is 5.31. The first kappa shape index (κ1) is 17.4. The largest absolute Gasteiger partial charge is 0.486 e. The van der Waals surface area contributed by atoms with Gasteiger partial charge in [-0.1, -0.05) is 19.0 Å². The molecule has 6 nitrogen and oxygen atoms in total. The molecule has 6 heteroatoms. The van der Waals surface area contributed by atoms with E-state index in [1.165, 1.54) is 0 Å². The lowest BCUT2D eigenvalue weighted by Crippen LogP contribution is -2.40. The average Bonchev–Trinajstić information content (AvgIpc) is 3.18. The highest BCUT2D eigenvalue weighted by molar-refractivity contribution is 6.01. The van der Waals surface area contributed by atoms with E-state index in [2.05, 4.69) is 29.0 Å². The Balaban J connectivity index is 1.69. The maximum absolute atomic E-state index is 12.7. The predicted molar refractivity (Wildman–Crippen MR) is 101 cm³/mol. The zero-order valence-electron chi connectivity index (χ0n) is 15.7. The Morgan fingerprint density at radius 1 is 1.15 bits per heavy atom. The Kier molecular flexibility index (Phi) is 4.26. The van der Waals surface area contributed by atoms with Gasteiger partial charge in [-0.3, -0.25) is 9.78 Å². The molecule has 0 atom stereocenters. The van der Waals surface area contributed by atoms with Crippen molar-refractivity contribution >= 4 is 5.78 Å². The number of hydrogen-bond donors (Lipinski definition) is 0. The summed E-state index contributed by atoms with van der Waals surface area (Å²) in [6.07, 6.45) is 5.44. The monoisotopic (exact) mass is 363 g/mol. The molecule has 2 aromatic heterocycles. The summed E-state index contributed by atoms with van der Waals surface area (Å²) < 4.78 is 11.6. The first-order chi connectivity index (χ1) is 13.0. The summed E-state index contributed by atoms with van der Waals surface area (Å²) in [5, 5.41) is 4.07. The van der Waals surface area contributed by atoms with Crippen LogP contribution < -0.4 is 4.74 Å². The Morgan fingerprint density at radius 3 is 2.70 bits per heavy atom. The maximum Gasteiger partial charge on any atom is 0.258 e. The minimum atomic E-state index is -0.401. The number of fused-ring (bicyclic) bond motifs is 1. The van der Waals surface area contributed by atoms with Gasteiger partial charge in [0, 0.05) is 23.5 Å². The van der Waals surface area contributed by atoms with Crippen LogP contribution in [0.1, 0.15) is 49.0 Å². The number of nitrogens with zero attached hydrogens (tertiary/aromatic N) is 3. The summed E-state index contributed by atoms with van der Waals surface area (Å²) in [5.74, 6) is 1.59. The zero-order chi connectivity index (χ0) is 19.0. The third-order valence-corrected chi connectivity index (χ3v) is 5.31. The molecular weight excluding hydrogens is 342 g/mol. The highest BCUT2D eigenvalue weighted by Crippen LogP contribution is 2.39. The first-order valence-electron chi connectivity index (χ1n) is 9.16. The summed E-state index contributed by atoms with van der Waals surface area (Å²) in [7, 11) is 0. The molecule has 138 valence electrons. The summed E-state index contributed by atoms with van der Waals surface area (Å²) in [6.45, 7) is 6.05. The molecule has 0 unspecified atom stereocenters. The standard InChI is InChI=1S/C21H21N3O3/c1-4-21(5-2)11-17(25)16-10-14(6-7-18(16)26-21)20-23-19(24-27-20)15-8-9-22-12-13(15)3/h6-10,12H,4-5,11H2,1-3H3. The number of aryl methyl sites for hydroxylation is 1. The van der Waals surface area contributed by atoms with Gasteiger partial charge in [0.1, 0.15) is 11.4 Å². The van der Waals surface area contributed by atoms with Crippen molar-refractivity contribution in [2.75, 3.05) is 0 Å². The Bertz CT molecular complexity index is 1010. The van der Waals surface area contributed by atoms with E-state index in [4.69, 9.17) is 9.26 Å². The van der Waals surface area contributed by atoms with Gasteiger partial charge in [0.15, 0.2) is 5.78 Å². The fourth-order valence-corrected chi connectivity index (χ4v) is 3.45. The second-order valence-electron chi connectivity index (χ2n) is 6.92. The van der Waals surface area contributed by atoms with Crippen LogP contribution in [0.5, 0.6) is 5.75 Å². The van der Waals surface area contributed by atoms with Crippen molar-refractivity contribution in [3.05, 3.63) is 47.8 Å². The zero-order valence-corrected chi connectivity index (χ0v) is 15.7. The number of carbonyl (C=O) groups excluding carboxylic acids is 1. The molecule has 0 spiro atoms. The highest BCUT2D eigenvalue weighted by Gasteiger charge is 2.37. The molecule has 4 rings (SSSR count). The van der Waals surface area contributed by atoms with E-state index < -0.39 is 5.60 Å². The second kappa shape index (κ2) is 6.61. The Labute approximate surface area is 157 Å². The van der Waals surface area contributed by atoms with Crippen LogP contribution in [0, 0.1) is 6.92 Å². The normalized spacial score (nSPS) is 15.3. The molecule has 1 aliphatic heterocycles. The topological polar surface area (TPSA) is 78.1 Å². The van der Waals surface area contributed by atoms with Gasteiger partial charge in [-0.25, -0.2) is 0 Å². The van der Waals surface area contributed by atoms with E-state index in [0.717, 1.165) is 24.0 Å². The van der Waals surface area contributed by atoms with Crippen molar-refractivity contribution in [1.29, 1.82) is 0 Å². The molecule has 3 aromatic rings. The molecule has 0 saturated heterocycles. The van der Waals surface area contributed by atoms with Crippen LogP contribution in [0.15, 0.2) is 41.2 Å². The second-order valence-corrected chi connectivity index (χ2v) is 6.92. The summed E-state index contributed by atoms with van der Waals surface area (Å²) in [6, 6.07) is 7.31. The number of ether oxygens (including phenoxy) is 1. The van der Waals surface area contributed by atoms with Gasteiger partial charge < -0.3 is 9.26 Å². The van der Waals surface area contributed by atoms with E-state index in [9.17, 15) is 4.79 Å². The lowest BCUT2D eigenvalue weighted by Gasteiger charge is -2.36. The van der Waals surface area contributed by atoms with E-state index in [1.807, 2.05) is 25.1 Å². The van der Waals surface area contributed by atoms with Gasteiger partial charge in [0.05, 0.1) is 12.0 Å². The van der Waals surface area contributed by atoms with Gasteiger partial charge in [0.2, 0.25) is 5.82 Å². The number of benzene rings is 1. The van der Waals surface area contributed by atoms with Crippen molar-refractivity contribution in [3.63, 3.8) is 0 Å². The van der Waals surface area contributed by atoms with Crippen LogP contribution >= 0.6 is 0 Å². The number of ketones is 1. The van der Waals surface area contributed by atoms with Crippen LogP contribution in [0.4, 0.5) is 0 Å². The predicted octanol–water partition coefficient (Wildman–Crippen LogP) is 4.63. The Hall–Kier alpha value is -3.02. The minimum Gasteiger partial charge on any atom is -0.486 e. The Morgan fingerprint density at radius 2 is 1.96 bits per heavy atom. The number of pyridine rings is 1. The summed E-state index contributed by atoms with van der Waals surface area (Å²) in [5.41, 5.74) is 2.71. The van der Waals surface area contributed by atoms with Gasteiger partial charge in [0.25, 0.3) is 5.89 Å². The van der Waals surface area contributed by atoms with Crippen molar-refractivity contribution < 1.29 is 14.1 Å². The van der Waals surface area contributed by atoms with Crippen molar-refractivity contribution in [3.8, 4) is 28.6 Å². The van der Waals surface area contributed by atoms with E-state index >= 15 is 0 Å². The summed E-state index contributed by atoms with van der Waals surface area (Å²) in [4.78, 5) is 21.3. The fourth-order valence-electron chi connectivity index (χ4n) is 3.45. The molecule has 1 aliphatic rings. The SMILES string of the molecule is CCC1(CC)CC(=O)c2cc(-c3nc(-c4ccncc4C)no3)ccc2O1. The van der Waals surface area contributed by atoms with Crippen LogP contribution in [0.25, 0.3) is 22.8 Å². The van der Waals surface area contributed by atoms with E-state index in [-0.39, 0.29) is 5.78 Å². The van der Waals surface area contributed by atoms with Gasteiger partial charge in [-0.2, -0.15) is 4.98 Å². The molecule has 0 N–H and O–H groups in total. The number of Topliss-reactive ketones (excluding diaryl/α,β-unsaturated/α-hetero) is 1. The third kappa shape index (κ3) is 3.01. The molecule has 3 heterocycles. The fraction of sp³-hybridized carbons (Fsp3) is 0.333. The minimum absolute atomic E-state index is 0.0894. The number of aromatic nitrogens is 3. The molecule has 27 heavy (non-hydrogen) atoms. The van der Waals surface area contributed by atoms with Crippen molar-refractivity contribution in [2.45, 2.75) is 45.6 Å². The van der Waals surface area contributed by atoms with Gasteiger partial charge >= 0.3 is 0 Å². The van der Waals surface area contributed by atoms with Gasteiger partial charge in [-0.05, 0) is 49.6 Å². The molecule has 0 fully saturated rings. The van der Waals surface area contributed by atoms with E-state index in [1.54, 1.807) is 18.5 Å². The molecule has 0 radical (unpaired) electrons. The quantitative estimate of drug-likeness (QED) is 0.672. The number of rotatable bonds is 4. The van der Waals surface area contributed by atoms with Crippen LogP contribution in [0.3, 0.4) is 0 Å². The molecular formula is C21H21N3O3. The molecule has 0 aliphatic carbocycles.